The van der Waals surface area contributed by atoms with E-state index in [9.17, 15) is 4.79 Å². The van der Waals surface area contributed by atoms with Gasteiger partial charge in [0.25, 0.3) is 5.91 Å². The molecular weight excluding hydrogens is 468 g/mol. The second kappa shape index (κ2) is 10.2. The van der Waals surface area contributed by atoms with Gasteiger partial charge in [0.2, 0.25) is 11.8 Å². The van der Waals surface area contributed by atoms with E-state index < -0.39 is 0 Å². The molecule has 4 aromatic rings. The third-order valence-electron chi connectivity index (χ3n) is 6.88. The maximum Gasteiger partial charge on any atom is 0.251 e. The van der Waals surface area contributed by atoms with Crippen LogP contribution >= 0.6 is 0 Å². The van der Waals surface area contributed by atoms with Crippen molar-refractivity contribution in [1.82, 2.24) is 19.9 Å². The summed E-state index contributed by atoms with van der Waals surface area (Å²) in [5.74, 6) is 2.11. The summed E-state index contributed by atoms with van der Waals surface area (Å²) < 4.78 is 19.6. The molecule has 0 bridgehead atoms. The lowest BCUT2D eigenvalue weighted by molar-refractivity contribution is 0.0486. The quantitative estimate of drug-likeness (QED) is 0.360. The minimum absolute atomic E-state index is 0.0214. The number of ether oxygens (including phenoxy) is 3. The average Bonchev–Trinajstić information content (AvgIpc) is 3.63. The summed E-state index contributed by atoms with van der Waals surface area (Å²) >= 11 is 0. The van der Waals surface area contributed by atoms with E-state index in [-0.39, 0.29) is 5.91 Å². The number of benzene rings is 2. The second-order valence-electron chi connectivity index (χ2n) is 9.79. The molecule has 8 heteroatoms. The highest BCUT2D eigenvalue weighted by molar-refractivity contribution is 5.97. The molecule has 1 amide bonds. The van der Waals surface area contributed by atoms with Crippen LogP contribution in [0.5, 0.6) is 17.5 Å². The predicted molar refractivity (Wildman–Crippen MR) is 139 cm³/mol. The fraction of sp³-hybridized carbons (Fsp3) is 0.345. The Morgan fingerprint density at radius 1 is 1.08 bits per heavy atom. The molecule has 0 unspecified atom stereocenters. The number of aryl methyl sites for hydroxylation is 1. The van der Waals surface area contributed by atoms with Gasteiger partial charge in [0.05, 0.1) is 18.9 Å². The van der Waals surface area contributed by atoms with Gasteiger partial charge in [-0.2, -0.15) is 14.6 Å². The largest absolute Gasteiger partial charge is 0.477 e. The maximum absolute atomic E-state index is 12.6. The number of nitrogens with one attached hydrogen (secondary N) is 1. The Bertz CT molecular complexity index is 1410. The molecule has 1 saturated heterocycles. The number of carbonyl (C=O) groups is 1. The molecule has 1 aliphatic carbocycles. The van der Waals surface area contributed by atoms with Crippen LogP contribution in [0.1, 0.15) is 41.6 Å². The van der Waals surface area contributed by atoms with Gasteiger partial charge >= 0.3 is 0 Å². The molecule has 8 nitrogen and oxygen atoms in total. The van der Waals surface area contributed by atoms with Crippen molar-refractivity contribution in [3.63, 3.8) is 0 Å². The lowest BCUT2D eigenvalue weighted by Crippen LogP contribution is -2.26. The van der Waals surface area contributed by atoms with Gasteiger partial charge in [0.1, 0.15) is 5.75 Å². The SMILES string of the molecule is Cc1cc(-c2cnn3c(OCC4CCOCC4)cc(Oc4ccccc4)nc23)ccc1C(=O)NC1CC1. The monoisotopic (exact) mass is 498 g/mol. The zero-order chi connectivity index (χ0) is 25.2. The van der Waals surface area contributed by atoms with Crippen LogP contribution < -0.4 is 14.8 Å². The van der Waals surface area contributed by atoms with Crippen molar-refractivity contribution < 1.29 is 19.0 Å². The Morgan fingerprint density at radius 3 is 2.65 bits per heavy atom. The molecule has 0 atom stereocenters. The maximum atomic E-state index is 12.6. The molecule has 190 valence electrons. The highest BCUT2D eigenvalue weighted by atomic mass is 16.5. The van der Waals surface area contributed by atoms with Crippen molar-refractivity contribution in [3.05, 3.63) is 71.9 Å². The van der Waals surface area contributed by atoms with E-state index in [2.05, 4.69) is 10.4 Å². The van der Waals surface area contributed by atoms with Gasteiger partial charge in [-0.3, -0.25) is 4.79 Å². The summed E-state index contributed by atoms with van der Waals surface area (Å²) in [5, 5.41) is 7.68. The minimum atomic E-state index is -0.0214. The van der Waals surface area contributed by atoms with Crippen LogP contribution in [0.4, 0.5) is 0 Å². The minimum Gasteiger partial charge on any atom is -0.477 e. The molecule has 2 aromatic carbocycles. The first kappa shape index (κ1) is 23.5. The molecular formula is C29H30N4O4. The summed E-state index contributed by atoms with van der Waals surface area (Å²) in [4.78, 5) is 17.4. The molecule has 1 saturated carbocycles. The Hall–Kier alpha value is -3.91. The van der Waals surface area contributed by atoms with E-state index in [1.165, 1.54) is 0 Å². The van der Waals surface area contributed by atoms with Gasteiger partial charge < -0.3 is 19.5 Å². The molecule has 0 radical (unpaired) electrons. The number of para-hydroxylation sites is 1. The first-order valence-electron chi connectivity index (χ1n) is 12.9. The predicted octanol–water partition coefficient (Wildman–Crippen LogP) is 5.19. The fourth-order valence-corrected chi connectivity index (χ4v) is 4.58. The van der Waals surface area contributed by atoms with Gasteiger partial charge in [0.15, 0.2) is 5.65 Å². The molecule has 37 heavy (non-hydrogen) atoms. The normalized spacial score (nSPS) is 16.0. The summed E-state index contributed by atoms with van der Waals surface area (Å²) in [7, 11) is 0. The van der Waals surface area contributed by atoms with Crippen LogP contribution in [-0.4, -0.2) is 46.4 Å². The van der Waals surface area contributed by atoms with Gasteiger partial charge in [-0.1, -0.05) is 30.3 Å². The summed E-state index contributed by atoms with van der Waals surface area (Å²) in [6.45, 7) is 4.06. The summed E-state index contributed by atoms with van der Waals surface area (Å²) in [6, 6.07) is 17.5. The number of nitrogens with zero attached hydrogens (tertiary/aromatic N) is 3. The molecule has 0 spiro atoms. The van der Waals surface area contributed by atoms with Crippen LogP contribution in [0.2, 0.25) is 0 Å². The van der Waals surface area contributed by atoms with Crippen molar-refractivity contribution in [3.8, 4) is 28.6 Å². The first-order valence-corrected chi connectivity index (χ1v) is 12.9. The lowest BCUT2D eigenvalue weighted by atomic mass is 10.0. The third-order valence-corrected chi connectivity index (χ3v) is 6.88. The van der Waals surface area contributed by atoms with Crippen LogP contribution in [0.3, 0.4) is 0 Å². The van der Waals surface area contributed by atoms with E-state index in [4.69, 9.17) is 19.2 Å². The van der Waals surface area contributed by atoms with E-state index >= 15 is 0 Å². The first-order chi connectivity index (χ1) is 18.1. The van der Waals surface area contributed by atoms with E-state index in [0.29, 0.717) is 47.3 Å². The number of rotatable bonds is 8. The van der Waals surface area contributed by atoms with Gasteiger partial charge in [-0.25, -0.2) is 0 Å². The van der Waals surface area contributed by atoms with Gasteiger partial charge in [-0.15, -0.1) is 0 Å². The fourth-order valence-electron chi connectivity index (χ4n) is 4.58. The number of fused-ring (bicyclic) bond motifs is 1. The molecule has 3 heterocycles. The van der Waals surface area contributed by atoms with Crippen molar-refractivity contribution >= 4 is 11.6 Å². The molecule has 2 fully saturated rings. The number of carbonyl (C=O) groups excluding carboxylic acids is 1. The van der Waals surface area contributed by atoms with Crippen molar-refractivity contribution in [2.75, 3.05) is 19.8 Å². The van der Waals surface area contributed by atoms with Gasteiger partial charge in [0, 0.05) is 30.4 Å². The van der Waals surface area contributed by atoms with E-state index in [1.54, 1.807) is 16.8 Å². The topological polar surface area (TPSA) is 87.0 Å². The summed E-state index contributed by atoms with van der Waals surface area (Å²) in [6.07, 6.45) is 5.86. The smallest absolute Gasteiger partial charge is 0.251 e. The lowest BCUT2D eigenvalue weighted by Gasteiger charge is -2.22. The summed E-state index contributed by atoms with van der Waals surface area (Å²) in [5.41, 5.74) is 3.99. The van der Waals surface area contributed by atoms with Crippen LogP contribution in [0, 0.1) is 12.8 Å². The Morgan fingerprint density at radius 2 is 1.89 bits per heavy atom. The second-order valence-corrected chi connectivity index (χ2v) is 9.79. The van der Waals surface area contributed by atoms with Gasteiger partial charge in [-0.05, 0) is 67.9 Å². The molecule has 6 rings (SSSR count). The third kappa shape index (κ3) is 5.29. The van der Waals surface area contributed by atoms with Crippen LogP contribution in [-0.2, 0) is 4.74 Å². The van der Waals surface area contributed by atoms with E-state index in [0.717, 1.165) is 55.6 Å². The van der Waals surface area contributed by atoms with Crippen LogP contribution in [0.25, 0.3) is 16.8 Å². The Balaban J connectivity index is 1.34. The Labute approximate surface area is 215 Å². The zero-order valence-electron chi connectivity index (χ0n) is 20.9. The van der Waals surface area contributed by atoms with Crippen molar-refractivity contribution in [2.24, 2.45) is 5.92 Å². The molecule has 2 aliphatic rings. The number of hydrogen-bond acceptors (Lipinski definition) is 6. The molecule has 2 aromatic heterocycles. The number of hydrogen-bond donors (Lipinski definition) is 1. The zero-order valence-corrected chi connectivity index (χ0v) is 20.9. The van der Waals surface area contributed by atoms with Crippen molar-refractivity contribution in [1.29, 1.82) is 0 Å². The van der Waals surface area contributed by atoms with Crippen LogP contribution in [0.15, 0.2) is 60.8 Å². The molecule has 1 aliphatic heterocycles. The average molecular weight is 499 g/mol. The number of aromatic nitrogens is 3. The van der Waals surface area contributed by atoms with E-state index in [1.807, 2.05) is 55.5 Å². The molecule has 1 N–H and O–H groups in total. The highest BCUT2D eigenvalue weighted by Crippen LogP contribution is 2.32. The van der Waals surface area contributed by atoms with Crippen molar-refractivity contribution in [2.45, 2.75) is 38.6 Å². The number of amides is 1. The highest BCUT2D eigenvalue weighted by Gasteiger charge is 2.25. The standard InChI is InChI=1S/C29H30N4O4/c1-19-15-21(7-10-24(19)29(34)31-22-8-9-22)25-17-30-33-27(36-18-20-11-13-35-14-12-20)16-26(32-28(25)33)37-23-5-3-2-4-6-23/h2-7,10,15-17,20,22H,8-9,11-14,18H2,1H3,(H,31,34). The Kier molecular flexibility index (Phi) is 6.49.